The molecule has 0 saturated carbocycles. The minimum absolute atomic E-state index is 0.0406. The van der Waals surface area contributed by atoms with Crippen molar-refractivity contribution in [3.8, 4) is 0 Å². The summed E-state index contributed by atoms with van der Waals surface area (Å²) in [6.07, 6.45) is 11.3. The third-order valence-electron chi connectivity index (χ3n) is 4.07. The summed E-state index contributed by atoms with van der Waals surface area (Å²) < 4.78 is 5.98. The van der Waals surface area contributed by atoms with Gasteiger partial charge in [0.1, 0.15) is 0 Å². The van der Waals surface area contributed by atoms with Gasteiger partial charge in [0.25, 0.3) is 14.3 Å². The molecule has 0 atom stereocenters. The van der Waals surface area contributed by atoms with Gasteiger partial charge < -0.3 is 4.43 Å². The van der Waals surface area contributed by atoms with E-state index in [2.05, 4.69) is 20.8 Å². The van der Waals surface area contributed by atoms with Crippen LogP contribution in [0.2, 0.25) is 18.1 Å². The van der Waals surface area contributed by atoms with Gasteiger partial charge in [0.05, 0.1) is 0 Å². The van der Waals surface area contributed by atoms with Crippen LogP contribution in [0.25, 0.3) is 0 Å². The zero-order valence-electron chi connectivity index (χ0n) is 14.3. The molecule has 0 aromatic rings. The van der Waals surface area contributed by atoms with Crippen LogP contribution in [0.15, 0.2) is 0 Å². The number of hydrogen-bond acceptors (Lipinski definition) is 2. The molecular weight excluding hydrogens is 264 g/mol. The first-order valence-electron chi connectivity index (χ1n) is 8.79. The zero-order chi connectivity index (χ0) is 15.3. The van der Waals surface area contributed by atoms with E-state index >= 15 is 0 Å². The standard InChI is InChI=1S/C17H36O2Si/c1-5-8-11-14-20(19-17(4)18,15-12-9-6-2)16-13-10-7-3/h5-16H2,1-4H3. The van der Waals surface area contributed by atoms with Gasteiger partial charge in [-0.15, -0.1) is 0 Å². The summed E-state index contributed by atoms with van der Waals surface area (Å²) in [6, 6.07) is 3.57. The van der Waals surface area contributed by atoms with E-state index in [-0.39, 0.29) is 5.97 Å². The lowest BCUT2D eigenvalue weighted by molar-refractivity contribution is -0.132. The highest BCUT2D eigenvalue weighted by molar-refractivity contribution is 6.75. The Hall–Kier alpha value is -0.313. The molecule has 2 nitrogen and oxygen atoms in total. The SMILES string of the molecule is CCCCC[Si](CCCCC)(CCCCC)OC(C)=O. The maximum Gasteiger partial charge on any atom is 0.289 e. The van der Waals surface area contributed by atoms with Crippen LogP contribution < -0.4 is 0 Å². The van der Waals surface area contributed by atoms with Crippen LogP contribution in [0.1, 0.15) is 85.5 Å². The van der Waals surface area contributed by atoms with Crippen LogP contribution in [-0.2, 0) is 9.22 Å². The van der Waals surface area contributed by atoms with Crippen LogP contribution >= 0.6 is 0 Å². The van der Waals surface area contributed by atoms with E-state index in [0.29, 0.717) is 0 Å². The lowest BCUT2D eigenvalue weighted by atomic mass is 10.3. The maximum atomic E-state index is 11.6. The lowest BCUT2D eigenvalue weighted by Crippen LogP contribution is -2.39. The highest BCUT2D eigenvalue weighted by Crippen LogP contribution is 2.30. The van der Waals surface area contributed by atoms with Crippen LogP contribution in [0, 0.1) is 0 Å². The predicted molar refractivity (Wildman–Crippen MR) is 90.5 cm³/mol. The summed E-state index contributed by atoms with van der Waals surface area (Å²) in [6.45, 7) is 8.32. The second kappa shape index (κ2) is 12.4. The van der Waals surface area contributed by atoms with E-state index in [9.17, 15) is 4.79 Å². The van der Waals surface area contributed by atoms with Gasteiger partial charge in [0, 0.05) is 6.92 Å². The molecule has 0 rings (SSSR count). The van der Waals surface area contributed by atoms with Crippen molar-refractivity contribution < 1.29 is 9.22 Å². The van der Waals surface area contributed by atoms with Crippen LogP contribution in [-0.4, -0.2) is 14.3 Å². The molecule has 3 heteroatoms. The fraction of sp³-hybridized carbons (Fsp3) is 0.941. The van der Waals surface area contributed by atoms with Crippen molar-refractivity contribution in [2.45, 2.75) is 104 Å². The van der Waals surface area contributed by atoms with Gasteiger partial charge in [-0.3, -0.25) is 4.79 Å². The second-order valence-electron chi connectivity index (χ2n) is 6.15. The molecule has 0 fully saturated rings. The fourth-order valence-electron chi connectivity index (χ4n) is 2.92. The van der Waals surface area contributed by atoms with Crippen molar-refractivity contribution in [1.29, 1.82) is 0 Å². The second-order valence-corrected chi connectivity index (χ2v) is 10.2. The average molecular weight is 301 g/mol. The molecule has 0 heterocycles. The molecule has 0 saturated heterocycles. The molecule has 0 aromatic carbocycles. The average Bonchev–Trinajstić information content (AvgIpc) is 2.39. The Morgan fingerprint density at radius 3 is 1.35 bits per heavy atom. The number of rotatable bonds is 13. The Labute approximate surface area is 127 Å². The summed E-state index contributed by atoms with van der Waals surface area (Å²) in [4.78, 5) is 11.6. The molecule has 0 N–H and O–H groups in total. The van der Waals surface area contributed by atoms with Crippen molar-refractivity contribution in [2.75, 3.05) is 0 Å². The molecule has 120 valence electrons. The molecule has 0 aromatic heterocycles. The van der Waals surface area contributed by atoms with E-state index in [0.717, 1.165) is 0 Å². The molecule has 0 aliphatic rings. The van der Waals surface area contributed by atoms with Gasteiger partial charge >= 0.3 is 0 Å². The largest absolute Gasteiger partial charge is 0.519 e. The van der Waals surface area contributed by atoms with Gasteiger partial charge in [-0.05, 0) is 18.1 Å². The molecule has 0 radical (unpaired) electrons. The van der Waals surface area contributed by atoms with Crippen molar-refractivity contribution in [3.63, 3.8) is 0 Å². The number of hydrogen-bond donors (Lipinski definition) is 0. The number of carbonyl (C=O) groups excluding carboxylic acids is 1. The summed E-state index contributed by atoms with van der Waals surface area (Å²) in [5.74, 6) is -0.0406. The van der Waals surface area contributed by atoms with Crippen molar-refractivity contribution in [2.24, 2.45) is 0 Å². The summed E-state index contributed by atoms with van der Waals surface area (Å²) >= 11 is 0. The highest BCUT2D eigenvalue weighted by Gasteiger charge is 2.36. The van der Waals surface area contributed by atoms with Crippen molar-refractivity contribution in [1.82, 2.24) is 0 Å². The van der Waals surface area contributed by atoms with Crippen molar-refractivity contribution >= 4 is 14.3 Å². The quantitative estimate of drug-likeness (QED) is 0.305. The van der Waals surface area contributed by atoms with Gasteiger partial charge in [-0.25, -0.2) is 0 Å². The minimum atomic E-state index is -1.82. The smallest absolute Gasteiger partial charge is 0.289 e. The molecule has 0 unspecified atom stereocenters. The first kappa shape index (κ1) is 19.7. The molecule has 20 heavy (non-hydrogen) atoms. The summed E-state index contributed by atoms with van der Waals surface area (Å²) in [5.41, 5.74) is 0. The van der Waals surface area contributed by atoms with Gasteiger partial charge in [0.15, 0.2) is 0 Å². The Balaban J connectivity index is 4.61. The van der Waals surface area contributed by atoms with E-state index in [4.69, 9.17) is 4.43 Å². The molecule has 0 aliphatic carbocycles. The summed E-state index contributed by atoms with van der Waals surface area (Å²) in [5, 5.41) is 0. The Morgan fingerprint density at radius 2 is 1.10 bits per heavy atom. The molecular formula is C17H36O2Si. The fourth-order valence-corrected chi connectivity index (χ4v) is 7.27. The molecule has 0 aliphatic heterocycles. The van der Waals surface area contributed by atoms with E-state index in [1.54, 1.807) is 6.92 Å². The third kappa shape index (κ3) is 9.57. The number of carbonyl (C=O) groups is 1. The Morgan fingerprint density at radius 1 is 0.750 bits per heavy atom. The first-order valence-corrected chi connectivity index (χ1v) is 11.3. The number of unbranched alkanes of at least 4 members (excludes halogenated alkanes) is 6. The van der Waals surface area contributed by atoms with Gasteiger partial charge in [0.2, 0.25) is 0 Å². The lowest BCUT2D eigenvalue weighted by Gasteiger charge is -2.31. The monoisotopic (exact) mass is 300 g/mol. The van der Waals surface area contributed by atoms with Crippen LogP contribution in [0.3, 0.4) is 0 Å². The third-order valence-corrected chi connectivity index (χ3v) is 8.58. The normalized spacial score (nSPS) is 11.6. The summed E-state index contributed by atoms with van der Waals surface area (Å²) in [7, 11) is -1.82. The topological polar surface area (TPSA) is 26.3 Å². The zero-order valence-corrected chi connectivity index (χ0v) is 15.3. The first-order chi connectivity index (χ1) is 9.60. The Bertz CT molecular complexity index is 215. The van der Waals surface area contributed by atoms with E-state index in [1.807, 2.05) is 0 Å². The van der Waals surface area contributed by atoms with Crippen LogP contribution in [0.5, 0.6) is 0 Å². The Kier molecular flexibility index (Phi) is 12.2. The molecule has 0 bridgehead atoms. The van der Waals surface area contributed by atoms with E-state index in [1.165, 1.54) is 75.9 Å². The molecule has 0 spiro atoms. The predicted octanol–water partition coefficient (Wildman–Crippen LogP) is 6.07. The van der Waals surface area contributed by atoms with Crippen molar-refractivity contribution in [3.05, 3.63) is 0 Å². The maximum absolute atomic E-state index is 11.6. The van der Waals surface area contributed by atoms with Gasteiger partial charge in [-0.2, -0.15) is 0 Å². The minimum Gasteiger partial charge on any atom is -0.519 e. The van der Waals surface area contributed by atoms with E-state index < -0.39 is 8.32 Å². The molecule has 0 amide bonds. The van der Waals surface area contributed by atoms with Gasteiger partial charge in [-0.1, -0.05) is 78.6 Å². The van der Waals surface area contributed by atoms with Crippen LogP contribution in [0.4, 0.5) is 0 Å². The highest BCUT2D eigenvalue weighted by atomic mass is 28.4.